The smallest absolute Gasteiger partial charge is 0.338 e. The molecule has 0 aromatic heterocycles. The number of hydrogen-bond acceptors (Lipinski definition) is 5. The first-order valence-electron chi connectivity index (χ1n) is 8.60. The van der Waals surface area contributed by atoms with Gasteiger partial charge in [0.05, 0.1) is 10.5 Å². The standard InChI is InChI=1S/C20H24N2O5S/c1-15-8-10-16(11-9-15)13-22(4)19(23)14-27-20(24)17-6-5-7-18(12-17)28(25,26)21(2)3/h5-12H,13-14H2,1-4H3. The number of aryl methyl sites for hydroxylation is 1. The Bertz CT molecular complexity index is 953. The van der Waals surface area contributed by atoms with Crippen molar-refractivity contribution in [2.75, 3.05) is 27.7 Å². The molecule has 0 saturated heterocycles. The largest absolute Gasteiger partial charge is 0.452 e. The summed E-state index contributed by atoms with van der Waals surface area (Å²) < 4.78 is 30.5. The number of nitrogens with zero attached hydrogens (tertiary/aromatic N) is 2. The van der Waals surface area contributed by atoms with E-state index in [1.165, 1.54) is 43.3 Å². The zero-order valence-corrected chi connectivity index (χ0v) is 17.2. The lowest BCUT2D eigenvalue weighted by Crippen LogP contribution is -2.30. The van der Waals surface area contributed by atoms with Crippen molar-refractivity contribution in [3.8, 4) is 0 Å². The minimum absolute atomic E-state index is 0.0187. The molecular formula is C20H24N2O5S. The summed E-state index contributed by atoms with van der Waals surface area (Å²) in [6.07, 6.45) is 0. The molecule has 2 rings (SSSR count). The highest BCUT2D eigenvalue weighted by atomic mass is 32.2. The highest BCUT2D eigenvalue weighted by Crippen LogP contribution is 2.15. The van der Waals surface area contributed by atoms with Crippen LogP contribution in [0.15, 0.2) is 53.4 Å². The Morgan fingerprint density at radius 3 is 2.25 bits per heavy atom. The van der Waals surface area contributed by atoms with Crippen molar-refractivity contribution < 1.29 is 22.7 Å². The SMILES string of the molecule is Cc1ccc(CN(C)C(=O)COC(=O)c2cccc(S(=O)(=O)N(C)C)c2)cc1. The van der Waals surface area contributed by atoms with Gasteiger partial charge in [-0.15, -0.1) is 0 Å². The summed E-state index contributed by atoms with van der Waals surface area (Å²) in [5.41, 5.74) is 2.16. The van der Waals surface area contributed by atoms with Gasteiger partial charge in [0.2, 0.25) is 10.0 Å². The lowest BCUT2D eigenvalue weighted by Gasteiger charge is -2.17. The third-order valence-corrected chi connectivity index (χ3v) is 5.95. The fourth-order valence-electron chi connectivity index (χ4n) is 2.37. The minimum Gasteiger partial charge on any atom is -0.452 e. The molecule has 0 saturated carbocycles. The van der Waals surface area contributed by atoms with Gasteiger partial charge >= 0.3 is 5.97 Å². The zero-order valence-electron chi connectivity index (χ0n) is 16.4. The molecule has 0 heterocycles. The lowest BCUT2D eigenvalue weighted by molar-refractivity contribution is -0.133. The summed E-state index contributed by atoms with van der Waals surface area (Å²) >= 11 is 0. The molecule has 0 aliphatic rings. The summed E-state index contributed by atoms with van der Waals surface area (Å²) in [6.45, 7) is 1.95. The molecule has 0 fully saturated rings. The van der Waals surface area contributed by atoms with Crippen LogP contribution in [0.25, 0.3) is 0 Å². The van der Waals surface area contributed by atoms with Crippen LogP contribution in [0.5, 0.6) is 0 Å². The molecular weight excluding hydrogens is 380 g/mol. The van der Waals surface area contributed by atoms with Crippen molar-refractivity contribution in [3.05, 3.63) is 65.2 Å². The quantitative estimate of drug-likeness (QED) is 0.660. The number of sulfonamides is 1. The van der Waals surface area contributed by atoms with Crippen molar-refractivity contribution in [1.82, 2.24) is 9.21 Å². The number of rotatable bonds is 7. The maximum absolute atomic E-state index is 12.2. The van der Waals surface area contributed by atoms with E-state index in [0.717, 1.165) is 15.4 Å². The van der Waals surface area contributed by atoms with Crippen LogP contribution in [-0.4, -0.2) is 57.2 Å². The first-order valence-corrected chi connectivity index (χ1v) is 10.0. The molecule has 0 aliphatic heterocycles. The fraction of sp³-hybridized carbons (Fsp3) is 0.300. The van der Waals surface area contributed by atoms with Crippen molar-refractivity contribution in [3.63, 3.8) is 0 Å². The van der Waals surface area contributed by atoms with Gasteiger partial charge in [-0.1, -0.05) is 35.9 Å². The zero-order chi connectivity index (χ0) is 20.9. The predicted molar refractivity (Wildman–Crippen MR) is 105 cm³/mol. The molecule has 1 amide bonds. The molecule has 8 heteroatoms. The molecule has 0 spiro atoms. The second-order valence-electron chi connectivity index (χ2n) is 6.63. The molecule has 0 unspecified atom stereocenters. The predicted octanol–water partition coefficient (Wildman–Crippen LogP) is 2.06. The maximum atomic E-state index is 12.2. The van der Waals surface area contributed by atoms with Crippen LogP contribution in [0.1, 0.15) is 21.5 Å². The summed E-state index contributed by atoms with van der Waals surface area (Å²) in [5, 5.41) is 0. The van der Waals surface area contributed by atoms with Crippen LogP contribution >= 0.6 is 0 Å². The Morgan fingerprint density at radius 1 is 1.00 bits per heavy atom. The van der Waals surface area contributed by atoms with Crippen LogP contribution in [-0.2, 0) is 26.1 Å². The summed E-state index contributed by atoms with van der Waals surface area (Å²) in [4.78, 5) is 25.9. The van der Waals surface area contributed by atoms with Crippen LogP contribution in [0.2, 0.25) is 0 Å². The van der Waals surface area contributed by atoms with E-state index in [1.54, 1.807) is 7.05 Å². The van der Waals surface area contributed by atoms with E-state index in [1.807, 2.05) is 31.2 Å². The van der Waals surface area contributed by atoms with E-state index in [2.05, 4.69) is 0 Å². The van der Waals surface area contributed by atoms with Gasteiger partial charge in [-0.25, -0.2) is 17.5 Å². The highest BCUT2D eigenvalue weighted by molar-refractivity contribution is 7.89. The van der Waals surface area contributed by atoms with Gasteiger partial charge in [0, 0.05) is 27.7 Å². The third kappa shape index (κ3) is 5.40. The summed E-state index contributed by atoms with van der Waals surface area (Å²) in [7, 11) is 0.772. The van der Waals surface area contributed by atoms with Crippen molar-refractivity contribution in [1.29, 1.82) is 0 Å². The van der Waals surface area contributed by atoms with Gasteiger partial charge in [0.15, 0.2) is 6.61 Å². The van der Waals surface area contributed by atoms with Crippen LogP contribution in [0.4, 0.5) is 0 Å². The number of ether oxygens (including phenoxy) is 1. The Hall–Kier alpha value is -2.71. The molecule has 0 aliphatic carbocycles. The van der Waals surface area contributed by atoms with E-state index < -0.39 is 22.6 Å². The average Bonchev–Trinajstić information content (AvgIpc) is 2.67. The molecule has 150 valence electrons. The molecule has 0 bridgehead atoms. The minimum atomic E-state index is -3.66. The maximum Gasteiger partial charge on any atom is 0.338 e. The van der Waals surface area contributed by atoms with E-state index in [0.29, 0.717) is 6.54 Å². The van der Waals surface area contributed by atoms with Crippen LogP contribution in [0.3, 0.4) is 0 Å². The average molecular weight is 404 g/mol. The monoisotopic (exact) mass is 404 g/mol. The van der Waals surface area contributed by atoms with E-state index in [9.17, 15) is 18.0 Å². The Labute approximate surface area is 165 Å². The molecule has 2 aromatic carbocycles. The lowest BCUT2D eigenvalue weighted by atomic mass is 10.1. The molecule has 2 aromatic rings. The molecule has 0 atom stereocenters. The number of carbonyl (C=O) groups is 2. The van der Waals surface area contributed by atoms with Crippen LogP contribution in [0, 0.1) is 6.92 Å². The highest BCUT2D eigenvalue weighted by Gasteiger charge is 2.20. The second-order valence-corrected chi connectivity index (χ2v) is 8.78. The van der Waals surface area contributed by atoms with Crippen molar-refractivity contribution >= 4 is 21.9 Å². The molecule has 7 nitrogen and oxygen atoms in total. The summed E-state index contributed by atoms with van der Waals surface area (Å²) in [6, 6.07) is 13.3. The third-order valence-electron chi connectivity index (χ3n) is 4.14. The normalized spacial score (nSPS) is 11.3. The summed E-state index contributed by atoms with van der Waals surface area (Å²) in [5.74, 6) is -1.11. The number of esters is 1. The Balaban J connectivity index is 1.98. The molecule has 0 N–H and O–H groups in total. The second kappa shape index (κ2) is 8.99. The number of likely N-dealkylation sites (N-methyl/N-ethyl adjacent to an activating group) is 1. The van der Waals surface area contributed by atoms with Gasteiger partial charge < -0.3 is 9.64 Å². The topological polar surface area (TPSA) is 84.0 Å². The molecule has 0 radical (unpaired) electrons. The van der Waals surface area contributed by atoms with Gasteiger partial charge in [0.1, 0.15) is 0 Å². The first-order chi connectivity index (χ1) is 13.1. The number of benzene rings is 2. The van der Waals surface area contributed by atoms with E-state index >= 15 is 0 Å². The Morgan fingerprint density at radius 2 is 1.64 bits per heavy atom. The number of hydrogen-bond donors (Lipinski definition) is 0. The number of amides is 1. The fourth-order valence-corrected chi connectivity index (χ4v) is 3.32. The molecule has 28 heavy (non-hydrogen) atoms. The number of carbonyl (C=O) groups excluding carboxylic acids is 2. The van der Waals surface area contributed by atoms with E-state index in [-0.39, 0.29) is 16.4 Å². The van der Waals surface area contributed by atoms with Crippen molar-refractivity contribution in [2.45, 2.75) is 18.4 Å². The Kier molecular flexibility index (Phi) is 6.93. The van der Waals surface area contributed by atoms with Crippen molar-refractivity contribution in [2.24, 2.45) is 0 Å². The van der Waals surface area contributed by atoms with Gasteiger partial charge in [-0.2, -0.15) is 0 Å². The van der Waals surface area contributed by atoms with Gasteiger partial charge in [-0.3, -0.25) is 4.79 Å². The van der Waals surface area contributed by atoms with Crippen LogP contribution < -0.4 is 0 Å². The first kappa shape index (κ1) is 21.6. The van der Waals surface area contributed by atoms with Gasteiger partial charge in [-0.05, 0) is 30.7 Å². The van der Waals surface area contributed by atoms with Gasteiger partial charge in [0.25, 0.3) is 5.91 Å². The van der Waals surface area contributed by atoms with E-state index in [4.69, 9.17) is 4.74 Å².